The minimum atomic E-state index is 0.189. The maximum atomic E-state index is 12.8. The van der Waals surface area contributed by atoms with Gasteiger partial charge >= 0.3 is 0 Å². The van der Waals surface area contributed by atoms with Crippen molar-refractivity contribution in [3.8, 4) is 0 Å². The van der Waals surface area contributed by atoms with Gasteiger partial charge in [-0.3, -0.25) is 9.69 Å². The van der Waals surface area contributed by atoms with Crippen LogP contribution in [0.3, 0.4) is 0 Å². The molecule has 126 valence electrons. The van der Waals surface area contributed by atoms with Gasteiger partial charge in [0.25, 0.3) is 0 Å². The van der Waals surface area contributed by atoms with Crippen molar-refractivity contribution in [2.45, 2.75) is 45.1 Å². The minimum Gasteiger partial charge on any atom is -0.342 e. The summed E-state index contributed by atoms with van der Waals surface area (Å²) < 4.78 is 0. The molecule has 4 heteroatoms. The number of nitrogens with zero attached hydrogens (tertiary/aromatic N) is 2. The van der Waals surface area contributed by atoms with Crippen LogP contribution in [0.25, 0.3) is 0 Å². The molecule has 1 aromatic rings. The summed E-state index contributed by atoms with van der Waals surface area (Å²) in [6.45, 7) is 4.84. The number of carbonyl (C=O) groups is 1. The lowest BCUT2D eigenvalue weighted by atomic mass is 9.96. The van der Waals surface area contributed by atoms with Crippen LogP contribution in [-0.2, 0) is 11.3 Å². The molecule has 3 nitrogen and oxygen atoms in total. The minimum absolute atomic E-state index is 0.189. The van der Waals surface area contributed by atoms with E-state index in [-0.39, 0.29) is 5.92 Å². The third-order valence-electron chi connectivity index (χ3n) is 5.09. The molecule has 0 aromatic heterocycles. The van der Waals surface area contributed by atoms with Crippen LogP contribution in [0.5, 0.6) is 0 Å². The van der Waals surface area contributed by atoms with Crippen molar-refractivity contribution in [3.05, 3.63) is 34.9 Å². The largest absolute Gasteiger partial charge is 0.342 e. The highest BCUT2D eigenvalue weighted by molar-refractivity contribution is 6.30. The standard InChI is InChI=1S/C19H27ClN2O/c20-18-9-7-16(8-10-18)14-21-11-5-6-17(15-21)19(23)22-12-3-1-2-4-13-22/h7-10,17H,1-6,11-15H2. The lowest BCUT2D eigenvalue weighted by Gasteiger charge is -2.34. The first-order valence-electron chi connectivity index (χ1n) is 8.98. The molecule has 2 aliphatic rings. The molecule has 1 aromatic carbocycles. The number of benzene rings is 1. The Bertz CT molecular complexity index is 509. The Labute approximate surface area is 144 Å². The lowest BCUT2D eigenvalue weighted by Crippen LogP contribution is -2.44. The van der Waals surface area contributed by atoms with Gasteiger partial charge in [0.2, 0.25) is 5.91 Å². The Morgan fingerprint density at radius 3 is 2.39 bits per heavy atom. The summed E-state index contributed by atoms with van der Waals surface area (Å²) in [4.78, 5) is 17.4. The van der Waals surface area contributed by atoms with Gasteiger partial charge in [0.1, 0.15) is 0 Å². The van der Waals surface area contributed by atoms with E-state index in [0.717, 1.165) is 50.6 Å². The van der Waals surface area contributed by atoms with Gasteiger partial charge in [-0.15, -0.1) is 0 Å². The normalized spacial score (nSPS) is 23.5. The molecular formula is C19H27ClN2O. The first-order chi connectivity index (χ1) is 11.2. The first-order valence-corrected chi connectivity index (χ1v) is 9.36. The summed E-state index contributed by atoms with van der Waals surface area (Å²) in [6, 6.07) is 8.06. The molecular weight excluding hydrogens is 308 g/mol. The van der Waals surface area contributed by atoms with E-state index in [0.29, 0.717) is 5.91 Å². The maximum Gasteiger partial charge on any atom is 0.226 e. The maximum absolute atomic E-state index is 12.8. The van der Waals surface area contributed by atoms with Crippen LogP contribution in [-0.4, -0.2) is 41.9 Å². The van der Waals surface area contributed by atoms with Gasteiger partial charge in [0.15, 0.2) is 0 Å². The first kappa shape index (κ1) is 16.8. The Morgan fingerprint density at radius 1 is 1.00 bits per heavy atom. The molecule has 0 saturated carbocycles. The number of amides is 1. The molecule has 2 aliphatic heterocycles. The molecule has 1 atom stereocenters. The van der Waals surface area contributed by atoms with E-state index in [1.165, 1.54) is 31.2 Å². The molecule has 2 saturated heterocycles. The Kier molecular flexibility index (Phi) is 5.96. The number of hydrogen-bond donors (Lipinski definition) is 0. The molecule has 0 spiro atoms. The number of piperidine rings is 1. The van der Waals surface area contributed by atoms with Crippen LogP contribution in [0.1, 0.15) is 44.1 Å². The molecule has 3 rings (SSSR count). The molecule has 2 heterocycles. The van der Waals surface area contributed by atoms with E-state index in [4.69, 9.17) is 11.6 Å². The van der Waals surface area contributed by atoms with Gasteiger partial charge in [-0.1, -0.05) is 36.6 Å². The lowest BCUT2D eigenvalue weighted by molar-refractivity contribution is -0.137. The number of hydrogen-bond acceptors (Lipinski definition) is 2. The van der Waals surface area contributed by atoms with E-state index < -0.39 is 0 Å². The van der Waals surface area contributed by atoms with Crippen molar-refractivity contribution < 1.29 is 4.79 Å². The fourth-order valence-electron chi connectivity index (χ4n) is 3.80. The van der Waals surface area contributed by atoms with Gasteiger partial charge in [-0.25, -0.2) is 0 Å². The van der Waals surface area contributed by atoms with Gasteiger partial charge < -0.3 is 4.90 Å². The van der Waals surface area contributed by atoms with Gasteiger partial charge in [-0.05, 0) is 49.9 Å². The fraction of sp³-hybridized carbons (Fsp3) is 0.632. The zero-order chi connectivity index (χ0) is 16.1. The highest BCUT2D eigenvalue weighted by atomic mass is 35.5. The third kappa shape index (κ3) is 4.71. The van der Waals surface area contributed by atoms with E-state index in [1.807, 2.05) is 12.1 Å². The monoisotopic (exact) mass is 334 g/mol. The topological polar surface area (TPSA) is 23.6 Å². The van der Waals surface area contributed by atoms with Gasteiger partial charge in [-0.2, -0.15) is 0 Å². The Balaban J connectivity index is 1.56. The quantitative estimate of drug-likeness (QED) is 0.835. The number of likely N-dealkylation sites (tertiary alicyclic amines) is 2. The fourth-order valence-corrected chi connectivity index (χ4v) is 3.92. The molecule has 1 amide bonds. The van der Waals surface area contributed by atoms with Crippen LogP contribution in [0, 0.1) is 5.92 Å². The average Bonchev–Trinajstić information content (AvgIpc) is 2.86. The molecule has 23 heavy (non-hydrogen) atoms. The van der Waals surface area contributed by atoms with E-state index in [1.54, 1.807) is 0 Å². The van der Waals surface area contributed by atoms with Crippen molar-refractivity contribution in [1.29, 1.82) is 0 Å². The molecule has 0 aliphatic carbocycles. The third-order valence-corrected chi connectivity index (χ3v) is 5.34. The van der Waals surface area contributed by atoms with Crippen molar-refractivity contribution in [2.24, 2.45) is 5.92 Å². The van der Waals surface area contributed by atoms with Crippen molar-refractivity contribution in [2.75, 3.05) is 26.2 Å². The summed E-state index contributed by atoms with van der Waals surface area (Å²) >= 11 is 5.95. The van der Waals surface area contributed by atoms with Gasteiger partial charge in [0.05, 0.1) is 5.92 Å². The molecule has 0 N–H and O–H groups in total. The Morgan fingerprint density at radius 2 is 1.70 bits per heavy atom. The van der Waals surface area contributed by atoms with E-state index in [2.05, 4.69) is 21.9 Å². The number of carbonyl (C=O) groups excluding carboxylic acids is 1. The zero-order valence-electron chi connectivity index (χ0n) is 13.8. The second kappa shape index (κ2) is 8.16. The second-order valence-corrected chi connectivity index (χ2v) is 7.38. The smallest absolute Gasteiger partial charge is 0.226 e. The molecule has 0 radical (unpaired) electrons. The van der Waals surface area contributed by atoms with Crippen LogP contribution < -0.4 is 0 Å². The summed E-state index contributed by atoms with van der Waals surface area (Å²) in [6.07, 6.45) is 7.07. The number of halogens is 1. The summed E-state index contributed by atoms with van der Waals surface area (Å²) in [5, 5.41) is 0.779. The summed E-state index contributed by atoms with van der Waals surface area (Å²) in [7, 11) is 0. The van der Waals surface area contributed by atoms with Crippen molar-refractivity contribution in [3.63, 3.8) is 0 Å². The van der Waals surface area contributed by atoms with Crippen LogP contribution in [0.2, 0.25) is 5.02 Å². The predicted molar refractivity (Wildman–Crippen MR) is 94.5 cm³/mol. The van der Waals surface area contributed by atoms with Crippen LogP contribution >= 0.6 is 11.6 Å². The van der Waals surface area contributed by atoms with E-state index >= 15 is 0 Å². The van der Waals surface area contributed by atoms with Crippen LogP contribution in [0.15, 0.2) is 24.3 Å². The molecule has 1 unspecified atom stereocenters. The average molecular weight is 335 g/mol. The highest BCUT2D eigenvalue weighted by Crippen LogP contribution is 2.22. The molecule has 2 fully saturated rings. The van der Waals surface area contributed by atoms with Gasteiger partial charge in [0, 0.05) is 31.2 Å². The summed E-state index contributed by atoms with van der Waals surface area (Å²) in [5.41, 5.74) is 1.28. The predicted octanol–water partition coefficient (Wildman–Crippen LogP) is 3.95. The second-order valence-electron chi connectivity index (χ2n) is 6.94. The Hall–Kier alpha value is -1.06. The van der Waals surface area contributed by atoms with Crippen LogP contribution in [0.4, 0.5) is 0 Å². The van der Waals surface area contributed by atoms with Crippen molar-refractivity contribution in [1.82, 2.24) is 9.80 Å². The molecule has 0 bridgehead atoms. The SMILES string of the molecule is O=C(C1CCCN(Cc2ccc(Cl)cc2)C1)N1CCCCCC1. The summed E-state index contributed by atoms with van der Waals surface area (Å²) in [5.74, 6) is 0.585. The highest BCUT2D eigenvalue weighted by Gasteiger charge is 2.29. The van der Waals surface area contributed by atoms with E-state index in [9.17, 15) is 4.79 Å². The zero-order valence-corrected chi connectivity index (χ0v) is 14.6. The number of rotatable bonds is 3. The van der Waals surface area contributed by atoms with Crippen molar-refractivity contribution >= 4 is 17.5 Å².